The molecule has 6 heteroatoms. The number of nitrogen functional groups attached to an aromatic ring is 1. The van der Waals surface area contributed by atoms with Crippen LogP contribution in [0.1, 0.15) is 29.5 Å². The first-order chi connectivity index (χ1) is 11.8. The Morgan fingerprint density at radius 1 is 1.04 bits per heavy atom. The van der Waals surface area contributed by atoms with Crippen LogP contribution < -0.4 is 5.73 Å². The van der Waals surface area contributed by atoms with E-state index < -0.39 is 11.7 Å². The first kappa shape index (κ1) is 18.1. The number of nitrogens with zero attached hydrogens (tertiary/aromatic N) is 1. The summed E-state index contributed by atoms with van der Waals surface area (Å²) in [6.07, 6.45) is -1.89. The molecular weight excluding hydrogens is 349 g/mol. The molecule has 0 aromatic heterocycles. The normalized spacial score (nSPS) is 14.9. The molecule has 0 bridgehead atoms. The van der Waals surface area contributed by atoms with Crippen LogP contribution >= 0.6 is 11.6 Å². The molecular formula is C19H20ClF3N2. The third-order valence-corrected chi connectivity index (χ3v) is 4.72. The number of rotatable bonds is 6. The van der Waals surface area contributed by atoms with E-state index in [-0.39, 0.29) is 0 Å². The summed E-state index contributed by atoms with van der Waals surface area (Å²) in [4.78, 5) is 2.23. The van der Waals surface area contributed by atoms with Gasteiger partial charge >= 0.3 is 6.18 Å². The molecule has 0 unspecified atom stereocenters. The molecule has 0 saturated heterocycles. The third kappa shape index (κ3) is 5.13. The lowest BCUT2D eigenvalue weighted by Gasteiger charge is -2.23. The van der Waals surface area contributed by atoms with Crippen LogP contribution in [-0.2, 0) is 19.3 Å². The van der Waals surface area contributed by atoms with E-state index in [2.05, 4.69) is 4.90 Å². The predicted molar refractivity (Wildman–Crippen MR) is 94.1 cm³/mol. The molecule has 1 aliphatic rings. The zero-order chi connectivity index (χ0) is 18.0. The first-order valence-corrected chi connectivity index (χ1v) is 8.61. The molecule has 0 aliphatic heterocycles. The molecule has 1 aliphatic carbocycles. The first-order valence-electron chi connectivity index (χ1n) is 8.23. The number of halogens is 4. The van der Waals surface area contributed by atoms with Gasteiger partial charge in [0, 0.05) is 30.3 Å². The van der Waals surface area contributed by atoms with E-state index in [0.29, 0.717) is 29.7 Å². The van der Waals surface area contributed by atoms with Crippen LogP contribution in [0.5, 0.6) is 0 Å². The largest absolute Gasteiger partial charge is 0.416 e. The van der Waals surface area contributed by atoms with Gasteiger partial charge in [-0.25, -0.2) is 0 Å². The number of nitrogens with two attached hydrogens (primary N) is 1. The highest BCUT2D eigenvalue weighted by molar-refractivity contribution is 6.31. The van der Waals surface area contributed by atoms with Gasteiger partial charge in [0.2, 0.25) is 0 Å². The summed E-state index contributed by atoms with van der Waals surface area (Å²) in [5.41, 5.74) is 7.57. The van der Waals surface area contributed by atoms with Gasteiger partial charge in [-0.1, -0.05) is 29.8 Å². The third-order valence-electron chi connectivity index (χ3n) is 4.37. The van der Waals surface area contributed by atoms with Gasteiger partial charge in [-0.05, 0) is 54.2 Å². The SMILES string of the molecule is Nc1ccc(CN(Cc2ccc(C(F)(F)F)cc2)CC2CC2)c(Cl)c1. The number of alkyl halides is 3. The molecule has 3 rings (SSSR count). The molecule has 2 N–H and O–H groups in total. The molecule has 0 spiro atoms. The molecule has 25 heavy (non-hydrogen) atoms. The van der Waals surface area contributed by atoms with E-state index in [4.69, 9.17) is 17.3 Å². The van der Waals surface area contributed by atoms with Crippen LogP contribution in [0.2, 0.25) is 5.02 Å². The van der Waals surface area contributed by atoms with Gasteiger partial charge in [-0.15, -0.1) is 0 Å². The summed E-state index contributed by atoms with van der Waals surface area (Å²) in [7, 11) is 0. The van der Waals surface area contributed by atoms with Gasteiger partial charge < -0.3 is 5.73 Å². The summed E-state index contributed by atoms with van der Waals surface area (Å²) in [6.45, 7) is 2.16. The number of anilines is 1. The lowest BCUT2D eigenvalue weighted by atomic mass is 10.1. The Balaban J connectivity index is 1.72. The summed E-state index contributed by atoms with van der Waals surface area (Å²) in [6, 6.07) is 10.8. The summed E-state index contributed by atoms with van der Waals surface area (Å²) < 4.78 is 38.1. The van der Waals surface area contributed by atoms with Crippen molar-refractivity contribution in [1.82, 2.24) is 4.90 Å². The number of hydrogen-bond acceptors (Lipinski definition) is 2. The molecule has 0 radical (unpaired) electrons. The molecule has 2 aromatic carbocycles. The van der Waals surface area contributed by atoms with Gasteiger partial charge in [0.15, 0.2) is 0 Å². The second-order valence-corrected chi connectivity index (χ2v) is 7.07. The van der Waals surface area contributed by atoms with Crippen molar-refractivity contribution < 1.29 is 13.2 Å². The number of hydrogen-bond donors (Lipinski definition) is 1. The fraction of sp³-hybridized carbons (Fsp3) is 0.368. The maximum atomic E-state index is 12.7. The fourth-order valence-corrected chi connectivity index (χ4v) is 3.09. The van der Waals surface area contributed by atoms with Crippen LogP contribution in [0.3, 0.4) is 0 Å². The van der Waals surface area contributed by atoms with Crippen molar-refractivity contribution in [2.45, 2.75) is 32.1 Å². The Kier molecular flexibility index (Phi) is 5.25. The Morgan fingerprint density at radius 2 is 1.72 bits per heavy atom. The van der Waals surface area contributed by atoms with Crippen LogP contribution in [0.25, 0.3) is 0 Å². The van der Waals surface area contributed by atoms with Crippen molar-refractivity contribution in [3.63, 3.8) is 0 Å². The van der Waals surface area contributed by atoms with Crippen molar-refractivity contribution in [3.05, 3.63) is 64.2 Å². The topological polar surface area (TPSA) is 29.3 Å². The lowest BCUT2D eigenvalue weighted by Crippen LogP contribution is -2.25. The molecule has 1 saturated carbocycles. The monoisotopic (exact) mass is 368 g/mol. The Morgan fingerprint density at radius 3 is 2.28 bits per heavy atom. The summed E-state index contributed by atoms with van der Waals surface area (Å²) >= 11 is 6.27. The van der Waals surface area contributed by atoms with Crippen molar-refractivity contribution in [2.24, 2.45) is 5.92 Å². The predicted octanol–water partition coefficient (Wildman–Crippen LogP) is 5.35. The van der Waals surface area contributed by atoms with Crippen molar-refractivity contribution >= 4 is 17.3 Å². The molecule has 134 valence electrons. The van der Waals surface area contributed by atoms with Gasteiger partial charge in [-0.2, -0.15) is 13.2 Å². The molecule has 0 amide bonds. The molecule has 2 aromatic rings. The average molecular weight is 369 g/mol. The zero-order valence-corrected chi connectivity index (χ0v) is 14.4. The van der Waals surface area contributed by atoms with E-state index in [1.54, 1.807) is 18.2 Å². The molecule has 0 atom stereocenters. The average Bonchev–Trinajstić information content (AvgIpc) is 3.33. The minimum absolute atomic E-state index is 0.593. The maximum Gasteiger partial charge on any atom is 0.416 e. The molecule has 2 nitrogen and oxygen atoms in total. The highest BCUT2D eigenvalue weighted by Gasteiger charge is 2.30. The summed E-state index contributed by atoms with van der Waals surface area (Å²) in [5.74, 6) is 0.669. The van der Waals surface area contributed by atoms with Gasteiger partial charge in [0.25, 0.3) is 0 Å². The Hall–Kier alpha value is -1.72. The van der Waals surface area contributed by atoms with Crippen LogP contribution in [0, 0.1) is 5.92 Å². The van der Waals surface area contributed by atoms with Gasteiger partial charge in [-0.3, -0.25) is 4.90 Å². The molecule has 0 heterocycles. The van der Waals surface area contributed by atoms with Gasteiger partial charge in [0.1, 0.15) is 0 Å². The minimum atomic E-state index is -4.30. The highest BCUT2D eigenvalue weighted by Crippen LogP contribution is 2.32. The van der Waals surface area contributed by atoms with Crippen molar-refractivity contribution in [1.29, 1.82) is 0 Å². The number of benzene rings is 2. The molecule has 1 fully saturated rings. The highest BCUT2D eigenvalue weighted by atomic mass is 35.5. The van der Waals surface area contributed by atoms with Crippen LogP contribution in [0.15, 0.2) is 42.5 Å². The fourth-order valence-electron chi connectivity index (χ4n) is 2.84. The van der Waals surface area contributed by atoms with Crippen molar-refractivity contribution in [3.8, 4) is 0 Å². The van der Waals surface area contributed by atoms with E-state index in [0.717, 1.165) is 29.8 Å². The van der Waals surface area contributed by atoms with Crippen molar-refractivity contribution in [2.75, 3.05) is 12.3 Å². The van der Waals surface area contributed by atoms with Crippen LogP contribution in [0.4, 0.5) is 18.9 Å². The Labute approximate surface area is 150 Å². The van der Waals surface area contributed by atoms with Gasteiger partial charge in [0.05, 0.1) is 5.56 Å². The summed E-state index contributed by atoms with van der Waals surface area (Å²) in [5, 5.41) is 0.619. The second kappa shape index (κ2) is 7.26. The smallest absolute Gasteiger partial charge is 0.399 e. The maximum absolute atomic E-state index is 12.7. The minimum Gasteiger partial charge on any atom is -0.399 e. The van der Waals surface area contributed by atoms with Crippen LogP contribution in [-0.4, -0.2) is 11.4 Å². The standard InChI is InChI=1S/C19H20ClF3N2/c20-18-9-17(24)8-5-15(18)12-25(10-13-1-2-13)11-14-3-6-16(7-4-14)19(21,22)23/h3-9,13H,1-2,10-12,24H2. The van der Waals surface area contributed by atoms with E-state index in [1.807, 2.05) is 12.1 Å². The lowest BCUT2D eigenvalue weighted by molar-refractivity contribution is -0.137. The quantitative estimate of drug-likeness (QED) is 0.696. The van der Waals surface area contributed by atoms with E-state index in [9.17, 15) is 13.2 Å². The Bertz CT molecular complexity index is 724. The zero-order valence-electron chi connectivity index (χ0n) is 13.7. The van der Waals surface area contributed by atoms with E-state index in [1.165, 1.54) is 12.8 Å². The van der Waals surface area contributed by atoms with E-state index >= 15 is 0 Å². The second-order valence-electron chi connectivity index (χ2n) is 6.66.